The number of hydrogen-bond donors (Lipinski definition) is 2. The summed E-state index contributed by atoms with van der Waals surface area (Å²) in [5, 5.41) is 3.83. The Balaban J connectivity index is 1.76. The van der Waals surface area contributed by atoms with Crippen molar-refractivity contribution in [1.29, 1.82) is 0 Å². The summed E-state index contributed by atoms with van der Waals surface area (Å²) in [4.78, 5) is 16.9. The first kappa shape index (κ1) is 19.8. The zero-order chi connectivity index (χ0) is 20.6. The lowest BCUT2D eigenvalue weighted by Crippen LogP contribution is -2.37. The van der Waals surface area contributed by atoms with E-state index >= 15 is 0 Å². The number of amidine groups is 1. The summed E-state index contributed by atoms with van der Waals surface area (Å²) in [5.74, 6) is -0.115. The third kappa shape index (κ3) is 3.84. The van der Waals surface area contributed by atoms with Crippen LogP contribution in [-0.2, 0) is 5.54 Å². The highest BCUT2D eigenvalue weighted by Crippen LogP contribution is 2.41. The normalized spacial score (nSPS) is 21.8. The maximum absolute atomic E-state index is 14.7. The predicted molar refractivity (Wildman–Crippen MR) is 113 cm³/mol. The Morgan fingerprint density at radius 1 is 1.31 bits per heavy atom. The van der Waals surface area contributed by atoms with Crippen molar-refractivity contribution < 1.29 is 8.78 Å². The number of pyridine rings is 1. The van der Waals surface area contributed by atoms with Gasteiger partial charge in [0.05, 0.1) is 10.5 Å². The third-order valence-electron chi connectivity index (χ3n) is 4.66. The van der Waals surface area contributed by atoms with Crippen molar-refractivity contribution in [2.24, 2.45) is 10.7 Å². The SMILES string of the molecule is C[C@@H]1C[C@@](CF)(c2cc(Nc3ncnc4cc(Cl)cnc34)ccc2F)N=C(N)S1. The minimum Gasteiger partial charge on any atom is -0.379 e. The van der Waals surface area contributed by atoms with E-state index in [0.717, 1.165) is 0 Å². The van der Waals surface area contributed by atoms with Gasteiger partial charge >= 0.3 is 0 Å². The summed E-state index contributed by atoms with van der Waals surface area (Å²) in [7, 11) is 0. The summed E-state index contributed by atoms with van der Waals surface area (Å²) < 4.78 is 28.9. The monoisotopic (exact) mass is 434 g/mol. The number of anilines is 2. The molecule has 1 aliphatic heterocycles. The molecule has 29 heavy (non-hydrogen) atoms. The van der Waals surface area contributed by atoms with Crippen molar-refractivity contribution >= 4 is 51.1 Å². The topological polar surface area (TPSA) is 89.1 Å². The lowest BCUT2D eigenvalue weighted by molar-refractivity contribution is 0.287. The molecule has 0 saturated heterocycles. The average molecular weight is 435 g/mol. The van der Waals surface area contributed by atoms with E-state index in [1.54, 1.807) is 12.1 Å². The Kier molecular flexibility index (Phi) is 5.26. The second-order valence-corrected chi connectivity index (χ2v) is 8.71. The van der Waals surface area contributed by atoms with Crippen molar-refractivity contribution in [1.82, 2.24) is 15.0 Å². The summed E-state index contributed by atoms with van der Waals surface area (Å²) in [6.45, 7) is 1.07. The van der Waals surface area contributed by atoms with Gasteiger partial charge in [0.15, 0.2) is 11.0 Å². The Morgan fingerprint density at radius 2 is 2.14 bits per heavy atom. The first-order valence-electron chi connectivity index (χ1n) is 8.81. The van der Waals surface area contributed by atoms with Gasteiger partial charge in [0.25, 0.3) is 0 Å². The highest BCUT2D eigenvalue weighted by Gasteiger charge is 2.40. The second kappa shape index (κ2) is 7.72. The van der Waals surface area contributed by atoms with Crippen LogP contribution in [0.1, 0.15) is 18.9 Å². The largest absolute Gasteiger partial charge is 0.379 e. The average Bonchev–Trinajstić information content (AvgIpc) is 2.68. The van der Waals surface area contributed by atoms with Gasteiger partial charge < -0.3 is 11.1 Å². The van der Waals surface area contributed by atoms with Crippen molar-refractivity contribution in [3.8, 4) is 0 Å². The van der Waals surface area contributed by atoms with Gasteiger partial charge in [0, 0.05) is 22.7 Å². The van der Waals surface area contributed by atoms with Crippen LogP contribution in [0, 0.1) is 5.82 Å². The molecule has 2 atom stereocenters. The Bertz CT molecular complexity index is 1110. The fourth-order valence-electron chi connectivity index (χ4n) is 3.44. The summed E-state index contributed by atoms with van der Waals surface area (Å²) in [5.41, 5.74) is 6.26. The number of nitrogens with zero attached hydrogens (tertiary/aromatic N) is 4. The smallest absolute Gasteiger partial charge is 0.160 e. The number of aliphatic imine (C=N–C) groups is 1. The van der Waals surface area contributed by atoms with Crippen LogP contribution in [0.4, 0.5) is 20.3 Å². The Hall–Kier alpha value is -2.52. The Labute approximate surface area is 175 Å². The zero-order valence-electron chi connectivity index (χ0n) is 15.4. The van der Waals surface area contributed by atoms with Crippen LogP contribution in [-0.4, -0.2) is 32.0 Å². The molecule has 1 aliphatic rings. The summed E-state index contributed by atoms with van der Waals surface area (Å²) in [6, 6.07) is 6.03. The lowest BCUT2D eigenvalue weighted by atomic mass is 9.86. The molecule has 4 rings (SSSR count). The van der Waals surface area contributed by atoms with Gasteiger partial charge in [-0.1, -0.05) is 30.3 Å². The highest BCUT2D eigenvalue weighted by molar-refractivity contribution is 8.14. The van der Waals surface area contributed by atoms with Crippen molar-refractivity contribution in [2.45, 2.75) is 24.1 Å². The number of nitrogens with two attached hydrogens (primary N) is 1. The van der Waals surface area contributed by atoms with E-state index in [9.17, 15) is 8.78 Å². The molecular formula is C19H17ClF2N6S. The number of alkyl halides is 1. The fraction of sp³-hybridized carbons (Fsp3) is 0.263. The molecule has 3 N–H and O–H groups in total. The van der Waals surface area contributed by atoms with Gasteiger partial charge in [-0.05, 0) is 30.7 Å². The molecule has 10 heteroatoms. The zero-order valence-corrected chi connectivity index (χ0v) is 16.9. The van der Waals surface area contributed by atoms with E-state index in [1.807, 2.05) is 6.92 Å². The molecule has 3 aromatic rings. The molecule has 1 aromatic carbocycles. The minimum atomic E-state index is -1.35. The molecule has 3 heterocycles. The number of rotatable bonds is 4. The summed E-state index contributed by atoms with van der Waals surface area (Å²) >= 11 is 7.32. The van der Waals surface area contributed by atoms with Crippen molar-refractivity contribution in [3.63, 3.8) is 0 Å². The van der Waals surface area contributed by atoms with Crippen molar-refractivity contribution in [2.75, 3.05) is 12.0 Å². The van der Waals surface area contributed by atoms with Gasteiger partial charge in [-0.2, -0.15) is 0 Å². The molecule has 0 aliphatic carbocycles. The molecule has 0 amide bonds. The van der Waals surface area contributed by atoms with Crippen LogP contribution < -0.4 is 11.1 Å². The molecule has 0 unspecified atom stereocenters. The van der Waals surface area contributed by atoms with E-state index < -0.39 is 18.0 Å². The summed E-state index contributed by atoms with van der Waals surface area (Å²) in [6.07, 6.45) is 3.21. The number of thioether (sulfide) groups is 1. The molecule has 0 spiro atoms. The second-order valence-electron chi connectivity index (χ2n) is 6.81. The number of benzene rings is 1. The molecule has 0 fully saturated rings. The first-order chi connectivity index (χ1) is 13.9. The van der Waals surface area contributed by atoms with Gasteiger partial charge in [0.2, 0.25) is 0 Å². The van der Waals surface area contributed by atoms with Crippen LogP contribution in [0.3, 0.4) is 0 Å². The number of fused-ring (bicyclic) bond motifs is 1. The van der Waals surface area contributed by atoms with E-state index in [2.05, 4.69) is 25.3 Å². The van der Waals surface area contributed by atoms with E-state index in [-0.39, 0.29) is 16.0 Å². The van der Waals surface area contributed by atoms with Crippen molar-refractivity contribution in [3.05, 3.63) is 53.2 Å². The molecule has 150 valence electrons. The van der Waals surface area contributed by atoms with E-state index in [4.69, 9.17) is 17.3 Å². The number of nitrogens with one attached hydrogen (secondary N) is 1. The van der Waals surface area contributed by atoms with Gasteiger partial charge in [-0.15, -0.1) is 0 Å². The standard InChI is InChI=1S/C19H17ClF2N6S/c1-10-6-19(8-21,28-18(23)29-10)13-5-12(2-3-14(13)22)27-17-16-15(25-9-26-17)4-11(20)7-24-16/h2-5,7,9-10H,6,8H2,1H3,(H2,23,28)(H,25,26,27)/t10-,19-/m1/s1. The maximum atomic E-state index is 14.7. The van der Waals surface area contributed by atoms with Gasteiger partial charge in [0.1, 0.15) is 29.9 Å². The van der Waals surface area contributed by atoms with Gasteiger partial charge in [-0.3, -0.25) is 0 Å². The molecule has 2 aromatic heterocycles. The van der Waals surface area contributed by atoms with Gasteiger partial charge in [-0.25, -0.2) is 28.7 Å². The predicted octanol–water partition coefficient (Wildman–Crippen LogP) is 4.57. The lowest BCUT2D eigenvalue weighted by Gasteiger charge is -2.34. The van der Waals surface area contributed by atoms with Crippen LogP contribution in [0.25, 0.3) is 11.0 Å². The number of hydrogen-bond acceptors (Lipinski definition) is 7. The van der Waals surface area contributed by atoms with Crippen LogP contribution in [0.2, 0.25) is 5.02 Å². The number of aromatic nitrogens is 3. The number of halogens is 3. The molecular weight excluding hydrogens is 418 g/mol. The first-order valence-corrected chi connectivity index (χ1v) is 10.1. The van der Waals surface area contributed by atoms with Crippen LogP contribution in [0.5, 0.6) is 0 Å². The maximum Gasteiger partial charge on any atom is 0.160 e. The molecule has 0 saturated carbocycles. The Morgan fingerprint density at radius 3 is 2.90 bits per heavy atom. The van der Waals surface area contributed by atoms with E-state index in [0.29, 0.717) is 34.0 Å². The fourth-order valence-corrected chi connectivity index (χ4v) is 4.59. The van der Waals surface area contributed by atoms with Crippen LogP contribution >= 0.6 is 23.4 Å². The molecule has 6 nitrogen and oxygen atoms in total. The third-order valence-corrected chi connectivity index (χ3v) is 5.77. The van der Waals surface area contributed by atoms with Crippen LogP contribution in [0.15, 0.2) is 41.8 Å². The molecule has 0 bridgehead atoms. The van der Waals surface area contributed by atoms with E-state index in [1.165, 1.54) is 36.4 Å². The molecule has 0 radical (unpaired) electrons. The quantitative estimate of drug-likeness (QED) is 0.625. The highest BCUT2D eigenvalue weighted by atomic mass is 35.5. The minimum absolute atomic E-state index is 0.0130.